The van der Waals surface area contributed by atoms with Gasteiger partial charge >= 0.3 is 5.69 Å². The van der Waals surface area contributed by atoms with Crippen LogP contribution in [0.2, 0.25) is 5.02 Å². The molecule has 6 heteroatoms. The number of hydrogen-bond acceptors (Lipinski definition) is 2. The first-order valence-electron chi connectivity index (χ1n) is 6.79. The highest BCUT2D eigenvalue weighted by atomic mass is 35.5. The molecule has 1 fully saturated rings. The number of rotatable bonds is 4. The summed E-state index contributed by atoms with van der Waals surface area (Å²) in [6.45, 7) is 0.436. The van der Waals surface area contributed by atoms with Crippen molar-refractivity contribution < 1.29 is 4.39 Å². The van der Waals surface area contributed by atoms with Gasteiger partial charge in [-0.3, -0.25) is 13.9 Å². The van der Waals surface area contributed by atoms with Crippen molar-refractivity contribution in [2.45, 2.75) is 25.9 Å². The van der Waals surface area contributed by atoms with Gasteiger partial charge in [-0.1, -0.05) is 29.8 Å². The highest BCUT2D eigenvalue weighted by Gasteiger charge is 2.23. The van der Waals surface area contributed by atoms with Crippen molar-refractivity contribution in [3.63, 3.8) is 0 Å². The smallest absolute Gasteiger partial charge is 0.299 e. The van der Waals surface area contributed by atoms with Gasteiger partial charge in [-0.25, -0.2) is 9.18 Å². The largest absolute Gasteiger partial charge is 0.331 e. The van der Waals surface area contributed by atoms with Crippen molar-refractivity contribution in [3.05, 3.63) is 67.7 Å². The Balaban J connectivity index is 2.04. The van der Waals surface area contributed by atoms with Crippen LogP contribution in [0.1, 0.15) is 18.4 Å². The molecular formula is C15H14ClFN2O2. The summed E-state index contributed by atoms with van der Waals surface area (Å²) >= 11 is 5.91. The third-order valence-electron chi connectivity index (χ3n) is 3.63. The summed E-state index contributed by atoms with van der Waals surface area (Å²) in [7, 11) is 0. The fraction of sp³-hybridized carbons (Fsp3) is 0.333. The zero-order chi connectivity index (χ0) is 15.0. The van der Waals surface area contributed by atoms with Crippen LogP contribution >= 0.6 is 11.6 Å². The van der Waals surface area contributed by atoms with Crippen LogP contribution in [-0.4, -0.2) is 9.13 Å². The molecule has 0 aliphatic heterocycles. The lowest BCUT2D eigenvalue weighted by molar-refractivity contribution is 0.534. The minimum Gasteiger partial charge on any atom is -0.299 e. The Morgan fingerprint density at radius 1 is 1.24 bits per heavy atom. The van der Waals surface area contributed by atoms with Gasteiger partial charge in [0.25, 0.3) is 5.56 Å². The zero-order valence-corrected chi connectivity index (χ0v) is 12.0. The Hall–Kier alpha value is -1.88. The summed E-state index contributed by atoms with van der Waals surface area (Å²) in [5, 5.41) is -0.0217. The van der Waals surface area contributed by atoms with Crippen LogP contribution in [0, 0.1) is 11.7 Å². The summed E-state index contributed by atoms with van der Waals surface area (Å²) in [4.78, 5) is 24.4. The normalized spacial score (nSPS) is 14.4. The van der Waals surface area contributed by atoms with Crippen molar-refractivity contribution in [1.82, 2.24) is 9.13 Å². The molecule has 110 valence electrons. The molecule has 1 heterocycles. The molecular weight excluding hydrogens is 295 g/mol. The molecule has 0 radical (unpaired) electrons. The molecule has 1 aromatic heterocycles. The van der Waals surface area contributed by atoms with E-state index in [9.17, 15) is 14.0 Å². The molecule has 0 bridgehead atoms. The van der Waals surface area contributed by atoms with Gasteiger partial charge < -0.3 is 0 Å². The number of halogens is 2. The number of aromatic nitrogens is 2. The van der Waals surface area contributed by atoms with Crippen molar-refractivity contribution in [2.24, 2.45) is 5.92 Å². The Bertz CT molecular complexity index is 793. The van der Waals surface area contributed by atoms with Crippen molar-refractivity contribution >= 4 is 11.6 Å². The maximum Gasteiger partial charge on any atom is 0.331 e. The molecule has 0 atom stereocenters. The molecule has 3 rings (SSSR count). The Kier molecular flexibility index (Phi) is 3.68. The lowest BCUT2D eigenvalue weighted by Crippen LogP contribution is -2.40. The fourth-order valence-electron chi connectivity index (χ4n) is 2.26. The van der Waals surface area contributed by atoms with Gasteiger partial charge in [0.15, 0.2) is 0 Å². The maximum absolute atomic E-state index is 13.7. The summed E-state index contributed by atoms with van der Waals surface area (Å²) in [6.07, 6.45) is 3.54. The van der Waals surface area contributed by atoms with E-state index >= 15 is 0 Å². The van der Waals surface area contributed by atoms with Gasteiger partial charge in [0.2, 0.25) is 0 Å². The van der Waals surface area contributed by atoms with Crippen LogP contribution in [0.4, 0.5) is 4.39 Å². The molecule has 1 aromatic carbocycles. The minimum atomic E-state index is -0.586. The Morgan fingerprint density at radius 3 is 2.62 bits per heavy atom. The number of hydrogen-bond donors (Lipinski definition) is 0. The van der Waals surface area contributed by atoms with Crippen LogP contribution in [0.25, 0.3) is 0 Å². The molecule has 4 nitrogen and oxygen atoms in total. The van der Waals surface area contributed by atoms with E-state index in [-0.39, 0.29) is 17.1 Å². The standard InChI is InChI=1S/C15H14ClFN2O2/c16-12-9-18(7-10-5-6-10)15(21)19(14(12)20)8-11-3-1-2-4-13(11)17/h1-4,9-10H,5-8H2. The third kappa shape index (κ3) is 2.93. The van der Waals surface area contributed by atoms with E-state index in [2.05, 4.69) is 0 Å². The first kappa shape index (κ1) is 14.1. The highest BCUT2D eigenvalue weighted by Crippen LogP contribution is 2.30. The van der Waals surface area contributed by atoms with Crippen LogP contribution in [0.5, 0.6) is 0 Å². The predicted molar refractivity (Wildman–Crippen MR) is 78.2 cm³/mol. The first-order chi connectivity index (χ1) is 10.1. The SMILES string of the molecule is O=c1c(Cl)cn(CC2CC2)c(=O)n1Cc1ccccc1F. The molecule has 0 N–H and O–H groups in total. The first-order valence-corrected chi connectivity index (χ1v) is 7.17. The predicted octanol–water partition coefficient (Wildman–Crippen LogP) is 2.26. The second kappa shape index (κ2) is 5.48. The average Bonchev–Trinajstić information content (AvgIpc) is 3.27. The van der Waals surface area contributed by atoms with E-state index in [4.69, 9.17) is 11.6 Å². The fourth-order valence-corrected chi connectivity index (χ4v) is 2.48. The van der Waals surface area contributed by atoms with Crippen LogP contribution < -0.4 is 11.2 Å². The molecule has 21 heavy (non-hydrogen) atoms. The van der Waals surface area contributed by atoms with E-state index in [1.165, 1.54) is 16.8 Å². The molecule has 0 spiro atoms. The lowest BCUT2D eigenvalue weighted by atomic mass is 10.2. The monoisotopic (exact) mass is 308 g/mol. The molecule has 0 unspecified atom stereocenters. The van der Waals surface area contributed by atoms with Crippen molar-refractivity contribution in [2.75, 3.05) is 0 Å². The number of benzene rings is 1. The minimum absolute atomic E-state index is 0.0217. The molecule has 1 aliphatic carbocycles. The Morgan fingerprint density at radius 2 is 1.95 bits per heavy atom. The Labute approximate surface area is 125 Å². The molecule has 0 amide bonds. The topological polar surface area (TPSA) is 44.0 Å². The van der Waals surface area contributed by atoms with Gasteiger partial charge in [-0.05, 0) is 24.8 Å². The van der Waals surface area contributed by atoms with Gasteiger partial charge in [0, 0.05) is 18.3 Å². The second-order valence-corrected chi connectivity index (χ2v) is 5.75. The zero-order valence-electron chi connectivity index (χ0n) is 11.3. The van der Waals surface area contributed by atoms with E-state index in [0.29, 0.717) is 12.5 Å². The summed E-state index contributed by atoms with van der Waals surface area (Å²) in [5.41, 5.74) is -0.742. The molecule has 0 saturated heterocycles. The summed E-state index contributed by atoms with van der Waals surface area (Å²) < 4.78 is 16.1. The van der Waals surface area contributed by atoms with Crippen molar-refractivity contribution in [1.29, 1.82) is 0 Å². The molecule has 2 aromatic rings. The van der Waals surface area contributed by atoms with Gasteiger partial charge in [0.05, 0.1) is 6.54 Å². The molecule has 1 aliphatic rings. The van der Waals surface area contributed by atoms with Crippen LogP contribution in [0.3, 0.4) is 0 Å². The quantitative estimate of drug-likeness (QED) is 0.869. The molecule has 1 saturated carbocycles. The highest BCUT2D eigenvalue weighted by molar-refractivity contribution is 6.30. The second-order valence-electron chi connectivity index (χ2n) is 5.34. The van der Waals surface area contributed by atoms with Gasteiger partial charge in [-0.15, -0.1) is 0 Å². The van der Waals surface area contributed by atoms with Gasteiger partial charge in [-0.2, -0.15) is 0 Å². The summed E-state index contributed by atoms with van der Waals surface area (Å²) in [6, 6.07) is 6.07. The summed E-state index contributed by atoms with van der Waals surface area (Å²) in [5.74, 6) is 0.0238. The average molecular weight is 309 g/mol. The van der Waals surface area contributed by atoms with Crippen LogP contribution in [-0.2, 0) is 13.1 Å². The third-order valence-corrected chi connectivity index (χ3v) is 3.89. The van der Waals surface area contributed by atoms with E-state index in [1.807, 2.05) is 0 Å². The van der Waals surface area contributed by atoms with E-state index in [0.717, 1.165) is 17.4 Å². The number of nitrogens with zero attached hydrogens (tertiary/aromatic N) is 2. The van der Waals surface area contributed by atoms with E-state index < -0.39 is 17.1 Å². The lowest BCUT2D eigenvalue weighted by Gasteiger charge is -2.11. The van der Waals surface area contributed by atoms with Gasteiger partial charge in [0.1, 0.15) is 10.8 Å². The van der Waals surface area contributed by atoms with Crippen molar-refractivity contribution in [3.8, 4) is 0 Å². The van der Waals surface area contributed by atoms with Crippen LogP contribution in [0.15, 0.2) is 40.1 Å². The van der Waals surface area contributed by atoms with E-state index in [1.54, 1.807) is 18.2 Å². The maximum atomic E-state index is 13.7.